The zero-order valence-electron chi connectivity index (χ0n) is 11.5. The lowest BCUT2D eigenvalue weighted by atomic mass is 10.1. The van der Waals surface area contributed by atoms with Crippen LogP contribution < -0.4 is 10.1 Å². The van der Waals surface area contributed by atoms with E-state index in [1.165, 1.54) is 38.5 Å². The second-order valence-corrected chi connectivity index (χ2v) is 5.70. The number of aromatic nitrogens is 2. The highest BCUT2D eigenvalue weighted by molar-refractivity contribution is 5.14. The summed E-state index contributed by atoms with van der Waals surface area (Å²) in [5.41, 5.74) is 0. The lowest BCUT2D eigenvalue weighted by Crippen LogP contribution is -2.29. The van der Waals surface area contributed by atoms with Crippen molar-refractivity contribution in [2.24, 2.45) is 0 Å². The van der Waals surface area contributed by atoms with E-state index in [4.69, 9.17) is 4.74 Å². The van der Waals surface area contributed by atoms with Crippen molar-refractivity contribution < 1.29 is 4.74 Å². The smallest absolute Gasteiger partial charge is 0.156 e. The van der Waals surface area contributed by atoms with E-state index in [0.29, 0.717) is 5.92 Å². The summed E-state index contributed by atoms with van der Waals surface area (Å²) in [7, 11) is 0. The third kappa shape index (κ3) is 3.44. The second-order valence-electron chi connectivity index (χ2n) is 5.70. The Kier molecular flexibility index (Phi) is 4.28. The van der Waals surface area contributed by atoms with Crippen molar-refractivity contribution in [2.75, 3.05) is 13.1 Å². The van der Waals surface area contributed by atoms with Crippen LogP contribution in [0.1, 0.15) is 56.7 Å². The van der Waals surface area contributed by atoms with Crippen molar-refractivity contribution in [1.82, 2.24) is 15.3 Å². The van der Waals surface area contributed by atoms with Crippen LogP contribution in [0.4, 0.5) is 0 Å². The van der Waals surface area contributed by atoms with Crippen LogP contribution in [0.15, 0.2) is 12.4 Å². The van der Waals surface area contributed by atoms with Crippen LogP contribution in [-0.4, -0.2) is 29.2 Å². The van der Waals surface area contributed by atoms with Crippen molar-refractivity contribution in [2.45, 2.75) is 57.0 Å². The molecule has 1 saturated carbocycles. The summed E-state index contributed by atoms with van der Waals surface area (Å²) in [4.78, 5) is 8.99. The van der Waals surface area contributed by atoms with Crippen LogP contribution in [0, 0.1) is 0 Å². The van der Waals surface area contributed by atoms with Crippen molar-refractivity contribution in [3.63, 3.8) is 0 Å². The van der Waals surface area contributed by atoms with Crippen molar-refractivity contribution in [1.29, 1.82) is 0 Å². The molecule has 0 bridgehead atoms. The first-order chi connectivity index (χ1) is 9.42. The number of ether oxygens (including phenoxy) is 1. The fraction of sp³-hybridized carbons (Fsp3) is 0.733. The molecule has 1 aliphatic heterocycles. The largest absolute Gasteiger partial charge is 0.486 e. The topological polar surface area (TPSA) is 47.0 Å². The first-order valence-electron chi connectivity index (χ1n) is 7.61. The van der Waals surface area contributed by atoms with Gasteiger partial charge in [-0.2, -0.15) is 0 Å². The molecule has 1 aromatic heterocycles. The Morgan fingerprint density at radius 3 is 2.53 bits per heavy atom. The van der Waals surface area contributed by atoms with Crippen molar-refractivity contribution >= 4 is 0 Å². The molecule has 1 unspecified atom stereocenters. The standard InChI is InChI=1S/C15H23N3O/c1-2-6-12(5-1)15-17-10-14(11-18-15)19-13-7-3-4-8-16-9-13/h10-13,16H,1-9H2. The molecule has 0 radical (unpaired) electrons. The van der Waals surface area contributed by atoms with Gasteiger partial charge in [0.25, 0.3) is 0 Å². The molecule has 1 aliphatic carbocycles. The molecule has 4 nitrogen and oxygen atoms in total. The molecule has 2 heterocycles. The molecule has 1 atom stereocenters. The van der Waals surface area contributed by atoms with E-state index in [0.717, 1.165) is 31.1 Å². The molecule has 1 N–H and O–H groups in total. The minimum Gasteiger partial charge on any atom is -0.486 e. The summed E-state index contributed by atoms with van der Waals surface area (Å²) in [5, 5.41) is 3.41. The predicted molar refractivity (Wildman–Crippen MR) is 74.4 cm³/mol. The maximum Gasteiger partial charge on any atom is 0.156 e. The summed E-state index contributed by atoms with van der Waals surface area (Å²) >= 11 is 0. The molecule has 19 heavy (non-hydrogen) atoms. The molecule has 2 fully saturated rings. The normalized spacial score (nSPS) is 25.2. The summed E-state index contributed by atoms with van der Waals surface area (Å²) in [5.74, 6) is 2.40. The molecule has 0 spiro atoms. The molecule has 0 aromatic carbocycles. The summed E-state index contributed by atoms with van der Waals surface area (Å²) in [6, 6.07) is 0. The Morgan fingerprint density at radius 2 is 1.74 bits per heavy atom. The first kappa shape index (κ1) is 12.9. The fourth-order valence-electron chi connectivity index (χ4n) is 3.06. The summed E-state index contributed by atoms with van der Waals surface area (Å²) < 4.78 is 5.97. The van der Waals surface area contributed by atoms with Gasteiger partial charge in [-0.05, 0) is 38.6 Å². The molecular weight excluding hydrogens is 238 g/mol. The Balaban J connectivity index is 1.58. The molecule has 1 aromatic rings. The van der Waals surface area contributed by atoms with Crippen LogP contribution in [-0.2, 0) is 0 Å². The van der Waals surface area contributed by atoms with E-state index in [2.05, 4.69) is 15.3 Å². The maximum absolute atomic E-state index is 5.97. The average molecular weight is 261 g/mol. The minimum atomic E-state index is 0.267. The number of nitrogens with one attached hydrogen (secondary N) is 1. The molecule has 0 amide bonds. The molecule has 1 saturated heterocycles. The van der Waals surface area contributed by atoms with Crippen LogP contribution >= 0.6 is 0 Å². The van der Waals surface area contributed by atoms with Gasteiger partial charge in [0, 0.05) is 12.5 Å². The number of rotatable bonds is 3. The van der Waals surface area contributed by atoms with Crippen LogP contribution in [0.3, 0.4) is 0 Å². The van der Waals surface area contributed by atoms with E-state index < -0.39 is 0 Å². The highest BCUT2D eigenvalue weighted by Gasteiger charge is 2.20. The van der Waals surface area contributed by atoms with Gasteiger partial charge in [0.1, 0.15) is 11.9 Å². The van der Waals surface area contributed by atoms with Gasteiger partial charge in [-0.25, -0.2) is 9.97 Å². The number of hydrogen-bond donors (Lipinski definition) is 1. The Labute approximate surface area is 115 Å². The highest BCUT2D eigenvalue weighted by atomic mass is 16.5. The molecule has 2 aliphatic rings. The van der Waals surface area contributed by atoms with E-state index in [1.54, 1.807) is 0 Å². The van der Waals surface area contributed by atoms with E-state index >= 15 is 0 Å². The summed E-state index contributed by atoms with van der Waals surface area (Å²) in [6.45, 7) is 2.04. The lowest BCUT2D eigenvalue weighted by Gasteiger charge is -2.17. The highest BCUT2D eigenvalue weighted by Crippen LogP contribution is 2.32. The third-order valence-electron chi connectivity index (χ3n) is 4.17. The van der Waals surface area contributed by atoms with Gasteiger partial charge < -0.3 is 10.1 Å². The Morgan fingerprint density at radius 1 is 1.00 bits per heavy atom. The van der Waals surface area contributed by atoms with Crippen molar-refractivity contribution in [3.8, 4) is 5.75 Å². The van der Waals surface area contributed by atoms with Gasteiger partial charge in [-0.3, -0.25) is 0 Å². The molecule has 3 rings (SSSR count). The van der Waals surface area contributed by atoms with Crippen LogP contribution in [0.5, 0.6) is 5.75 Å². The third-order valence-corrected chi connectivity index (χ3v) is 4.17. The zero-order chi connectivity index (χ0) is 12.9. The Hall–Kier alpha value is -1.16. The van der Waals surface area contributed by atoms with Crippen molar-refractivity contribution in [3.05, 3.63) is 18.2 Å². The predicted octanol–water partition coefficient (Wildman–Crippen LogP) is 2.66. The van der Waals surface area contributed by atoms with Gasteiger partial charge >= 0.3 is 0 Å². The minimum absolute atomic E-state index is 0.267. The van der Waals surface area contributed by atoms with Crippen LogP contribution in [0.2, 0.25) is 0 Å². The number of nitrogens with zero attached hydrogens (tertiary/aromatic N) is 2. The number of hydrogen-bond acceptors (Lipinski definition) is 4. The van der Waals surface area contributed by atoms with Gasteiger partial charge in [-0.1, -0.05) is 12.8 Å². The monoisotopic (exact) mass is 261 g/mol. The fourth-order valence-corrected chi connectivity index (χ4v) is 3.06. The quantitative estimate of drug-likeness (QED) is 0.908. The second kappa shape index (κ2) is 6.33. The average Bonchev–Trinajstić information content (AvgIpc) is 2.86. The maximum atomic E-state index is 5.97. The van der Waals surface area contributed by atoms with Gasteiger partial charge in [0.2, 0.25) is 0 Å². The van der Waals surface area contributed by atoms with Gasteiger partial charge in [-0.15, -0.1) is 0 Å². The zero-order valence-corrected chi connectivity index (χ0v) is 11.5. The van der Waals surface area contributed by atoms with E-state index in [1.807, 2.05) is 12.4 Å². The van der Waals surface area contributed by atoms with Gasteiger partial charge in [0.05, 0.1) is 12.4 Å². The summed E-state index contributed by atoms with van der Waals surface area (Å²) in [6.07, 6.45) is 12.7. The van der Waals surface area contributed by atoms with Crippen LogP contribution in [0.25, 0.3) is 0 Å². The first-order valence-corrected chi connectivity index (χ1v) is 7.61. The van der Waals surface area contributed by atoms with E-state index in [-0.39, 0.29) is 6.10 Å². The van der Waals surface area contributed by atoms with Gasteiger partial charge in [0.15, 0.2) is 5.75 Å². The lowest BCUT2D eigenvalue weighted by molar-refractivity contribution is 0.192. The Bertz CT molecular complexity index is 379. The molecular formula is C15H23N3O. The van der Waals surface area contributed by atoms with E-state index in [9.17, 15) is 0 Å². The molecule has 104 valence electrons. The SMILES string of the molecule is c1nc(C2CCCC2)ncc1OC1CCCCNC1. The molecule has 4 heteroatoms.